The maximum absolute atomic E-state index is 12.4. The number of anilines is 1. The van der Waals surface area contributed by atoms with E-state index in [4.69, 9.17) is 11.6 Å². The van der Waals surface area contributed by atoms with Crippen molar-refractivity contribution in [1.29, 1.82) is 0 Å². The third kappa shape index (κ3) is 6.81. The van der Waals surface area contributed by atoms with E-state index in [2.05, 4.69) is 33.7 Å². The summed E-state index contributed by atoms with van der Waals surface area (Å²) in [5.41, 5.74) is 3.23. The predicted molar refractivity (Wildman–Crippen MR) is 134 cm³/mol. The van der Waals surface area contributed by atoms with Gasteiger partial charge in [0.1, 0.15) is 0 Å². The number of nitrogens with zero attached hydrogens (tertiary/aromatic N) is 1. The average molecular weight is 468 g/mol. The molecule has 0 spiro atoms. The Kier molecular flexibility index (Phi) is 8.05. The summed E-state index contributed by atoms with van der Waals surface area (Å²) in [7, 11) is 0. The van der Waals surface area contributed by atoms with Gasteiger partial charge in [0.05, 0.1) is 5.92 Å². The molecule has 2 fully saturated rings. The number of nitrogens with one attached hydrogen (secondary N) is 2. The smallest absolute Gasteiger partial charge is 0.227 e. The van der Waals surface area contributed by atoms with Gasteiger partial charge in [-0.25, -0.2) is 0 Å². The van der Waals surface area contributed by atoms with E-state index in [1.807, 2.05) is 37.3 Å². The number of benzene rings is 2. The van der Waals surface area contributed by atoms with Crippen LogP contribution in [0.25, 0.3) is 0 Å². The van der Waals surface area contributed by atoms with Crippen molar-refractivity contribution in [1.82, 2.24) is 10.2 Å². The highest BCUT2D eigenvalue weighted by Crippen LogP contribution is 2.32. The number of likely N-dealkylation sites (tertiary alicyclic amines) is 1. The van der Waals surface area contributed by atoms with Crippen molar-refractivity contribution in [3.8, 4) is 0 Å². The molecule has 1 aliphatic heterocycles. The number of piperidine rings is 1. The van der Waals surface area contributed by atoms with Gasteiger partial charge in [-0.15, -0.1) is 0 Å². The summed E-state index contributed by atoms with van der Waals surface area (Å²) in [4.78, 5) is 27.0. The number of amides is 2. The van der Waals surface area contributed by atoms with Crippen LogP contribution in [0.5, 0.6) is 0 Å². The summed E-state index contributed by atoms with van der Waals surface area (Å²) in [5.74, 6) is 0.811. The van der Waals surface area contributed by atoms with Crippen LogP contribution in [0.3, 0.4) is 0 Å². The lowest BCUT2D eigenvalue weighted by Crippen LogP contribution is -2.36. The molecule has 1 unspecified atom stereocenters. The molecule has 1 aliphatic carbocycles. The number of carbonyl (C=O) groups is 2. The molecular formula is C27H34ClN3O2. The summed E-state index contributed by atoms with van der Waals surface area (Å²) >= 11 is 5.93. The van der Waals surface area contributed by atoms with Gasteiger partial charge in [0.15, 0.2) is 0 Å². The Labute approximate surface area is 201 Å². The summed E-state index contributed by atoms with van der Waals surface area (Å²) < 4.78 is 0. The maximum Gasteiger partial charge on any atom is 0.227 e. The molecular weight excluding hydrogens is 434 g/mol. The zero-order chi connectivity index (χ0) is 23.2. The van der Waals surface area contributed by atoms with Crippen LogP contribution in [-0.2, 0) is 9.59 Å². The molecule has 1 heterocycles. The lowest BCUT2D eigenvalue weighted by Gasteiger charge is -2.32. The molecule has 1 atom stereocenters. The second-order valence-electron chi connectivity index (χ2n) is 9.42. The molecule has 6 heteroatoms. The van der Waals surface area contributed by atoms with Crippen molar-refractivity contribution in [2.75, 3.05) is 31.5 Å². The van der Waals surface area contributed by atoms with Crippen LogP contribution >= 0.6 is 11.6 Å². The average Bonchev–Trinajstić information content (AvgIpc) is 3.68. The minimum atomic E-state index is -0.178. The monoisotopic (exact) mass is 467 g/mol. The normalized spacial score (nSPS) is 18.0. The molecule has 1 saturated carbocycles. The highest BCUT2D eigenvalue weighted by atomic mass is 35.5. The SMILES string of the molecule is CC(C(=O)NCCCN1CCC(c2cccc(NC(=O)C3CC3)c2)CC1)c1ccc(Cl)cc1. The van der Waals surface area contributed by atoms with Crippen LogP contribution in [0.4, 0.5) is 5.69 Å². The topological polar surface area (TPSA) is 61.4 Å². The zero-order valence-corrected chi connectivity index (χ0v) is 20.1. The quantitative estimate of drug-likeness (QED) is 0.499. The molecule has 2 amide bonds. The third-order valence-corrected chi connectivity index (χ3v) is 7.13. The van der Waals surface area contributed by atoms with Gasteiger partial charge in [-0.2, -0.15) is 0 Å². The zero-order valence-electron chi connectivity index (χ0n) is 19.4. The van der Waals surface area contributed by atoms with Crippen molar-refractivity contribution < 1.29 is 9.59 Å². The predicted octanol–water partition coefficient (Wildman–Crippen LogP) is 5.18. The number of hydrogen-bond donors (Lipinski definition) is 2. The Hall–Kier alpha value is -2.37. The highest BCUT2D eigenvalue weighted by Gasteiger charge is 2.29. The molecule has 2 aromatic carbocycles. The molecule has 5 nitrogen and oxygen atoms in total. The second kappa shape index (κ2) is 11.2. The Morgan fingerprint density at radius 3 is 2.48 bits per heavy atom. The van der Waals surface area contributed by atoms with Crippen molar-refractivity contribution >= 4 is 29.1 Å². The van der Waals surface area contributed by atoms with Crippen LogP contribution < -0.4 is 10.6 Å². The van der Waals surface area contributed by atoms with Crippen LogP contribution in [0.1, 0.15) is 62.0 Å². The number of hydrogen-bond acceptors (Lipinski definition) is 3. The molecule has 1 saturated heterocycles. The fraction of sp³-hybridized carbons (Fsp3) is 0.481. The van der Waals surface area contributed by atoms with Crippen molar-refractivity contribution in [2.24, 2.45) is 5.92 Å². The first-order valence-corrected chi connectivity index (χ1v) is 12.5. The molecule has 0 aromatic heterocycles. The van der Waals surface area contributed by atoms with E-state index in [9.17, 15) is 9.59 Å². The van der Waals surface area contributed by atoms with E-state index in [1.165, 1.54) is 5.56 Å². The Morgan fingerprint density at radius 2 is 1.79 bits per heavy atom. The fourth-order valence-electron chi connectivity index (χ4n) is 4.52. The van der Waals surface area contributed by atoms with Gasteiger partial charge >= 0.3 is 0 Å². The lowest BCUT2D eigenvalue weighted by atomic mass is 9.89. The van der Waals surface area contributed by atoms with E-state index in [0.717, 1.165) is 63.0 Å². The van der Waals surface area contributed by atoms with Gasteiger partial charge in [0, 0.05) is 23.2 Å². The third-order valence-electron chi connectivity index (χ3n) is 6.87. The Morgan fingerprint density at radius 1 is 1.06 bits per heavy atom. The molecule has 4 rings (SSSR count). The van der Waals surface area contributed by atoms with Crippen LogP contribution in [-0.4, -0.2) is 42.9 Å². The Bertz CT molecular complexity index is 950. The highest BCUT2D eigenvalue weighted by molar-refractivity contribution is 6.30. The van der Waals surface area contributed by atoms with Gasteiger partial charge in [-0.3, -0.25) is 9.59 Å². The van der Waals surface area contributed by atoms with E-state index in [1.54, 1.807) is 0 Å². The van der Waals surface area contributed by atoms with Crippen LogP contribution in [0.15, 0.2) is 48.5 Å². The van der Waals surface area contributed by atoms with Crippen molar-refractivity contribution in [3.63, 3.8) is 0 Å². The van der Waals surface area contributed by atoms with E-state index in [-0.39, 0.29) is 23.7 Å². The number of halogens is 1. The molecule has 176 valence electrons. The molecule has 0 bridgehead atoms. The fourth-order valence-corrected chi connectivity index (χ4v) is 4.65. The largest absolute Gasteiger partial charge is 0.356 e. The number of rotatable bonds is 9. The maximum atomic E-state index is 12.4. The summed E-state index contributed by atoms with van der Waals surface area (Å²) in [6.07, 6.45) is 5.25. The van der Waals surface area contributed by atoms with E-state index >= 15 is 0 Å². The summed E-state index contributed by atoms with van der Waals surface area (Å²) in [6.45, 7) is 5.76. The summed E-state index contributed by atoms with van der Waals surface area (Å²) in [5, 5.41) is 6.82. The first-order valence-electron chi connectivity index (χ1n) is 12.2. The standard InChI is InChI=1S/C27H34ClN3O2/c1-19(20-8-10-24(28)11-9-20)26(32)29-14-3-15-31-16-12-21(13-17-31)23-4-2-5-25(18-23)30-27(33)22-6-7-22/h2,4-5,8-11,18-19,21-22H,3,6-7,12-17H2,1H3,(H,29,32)(H,30,33). The minimum Gasteiger partial charge on any atom is -0.356 e. The molecule has 0 radical (unpaired) electrons. The molecule has 2 aliphatic rings. The molecule has 2 N–H and O–H groups in total. The first-order chi connectivity index (χ1) is 16.0. The van der Waals surface area contributed by atoms with Crippen molar-refractivity contribution in [3.05, 3.63) is 64.7 Å². The van der Waals surface area contributed by atoms with Crippen molar-refractivity contribution in [2.45, 2.75) is 50.9 Å². The summed E-state index contributed by atoms with van der Waals surface area (Å²) in [6, 6.07) is 15.8. The van der Waals surface area contributed by atoms with Gasteiger partial charge in [0.25, 0.3) is 0 Å². The van der Waals surface area contributed by atoms with Crippen LogP contribution in [0.2, 0.25) is 5.02 Å². The van der Waals surface area contributed by atoms with Gasteiger partial charge in [0.2, 0.25) is 11.8 Å². The van der Waals surface area contributed by atoms with E-state index < -0.39 is 0 Å². The Balaban J connectivity index is 1.15. The molecule has 2 aromatic rings. The van der Waals surface area contributed by atoms with Gasteiger partial charge in [-0.05, 0) is 100.0 Å². The van der Waals surface area contributed by atoms with E-state index in [0.29, 0.717) is 17.5 Å². The first kappa shape index (κ1) is 23.8. The molecule has 33 heavy (non-hydrogen) atoms. The minimum absolute atomic E-state index is 0.0599. The van der Waals surface area contributed by atoms with Gasteiger partial charge < -0.3 is 15.5 Å². The van der Waals surface area contributed by atoms with Gasteiger partial charge in [-0.1, -0.05) is 35.9 Å². The second-order valence-corrected chi connectivity index (χ2v) is 9.86. The number of carbonyl (C=O) groups excluding carboxylic acids is 2. The lowest BCUT2D eigenvalue weighted by molar-refractivity contribution is -0.122. The van der Waals surface area contributed by atoms with Crippen LogP contribution in [0, 0.1) is 5.92 Å².